The van der Waals surface area contributed by atoms with Gasteiger partial charge in [-0.15, -0.1) is 0 Å². The van der Waals surface area contributed by atoms with Crippen molar-refractivity contribution in [1.29, 1.82) is 0 Å². The van der Waals surface area contributed by atoms with Gasteiger partial charge in [0.05, 0.1) is 5.54 Å². The first kappa shape index (κ1) is 20.3. The Balaban J connectivity index is 4.21. The molecule has 0 radical (unpaired) electrons. The average Bonchev–Trinajstić information content (AvgIpc) is 2.47. The van der Waals surface area contributed by atoms with E-state index in [2.05, 4.69) is 35.9 Å². The Bertz CT molecular complexity index is 281. The molecule has 0 aliphatic carbocycles. The number of nitrogens with zero attached hydrogens (tertiary/aromatic N) is 2. The van der Waals surface area contributed by atoms with Gasteiger partial charge in [0.15, 0.2) is 0 Å². The molecule has 0 rings (SSSR count). The maximum atomic E-state index is 11.6. The van der Waals surface area contributed by atoms with E-state index in [4.69, 9.17) is 5.73 Å². The molecule has 21 heavy (non-hydrogen) atoms. The predicted molar refractivity (Wildman–Crippen MR) is 90.4 cm³/mol. The highest BCUT2D eigenvalue weighted by Gasteiger charge is 2.29. The van der Waals surface area contributed by atoms with Crippen molar-refractivity contribution in [2.75, 3.05) is 45.8 Å². The lowest BCUT2D eigenvalue weighted by Gasteiger charge is -2.30. The van der Waals surface area contributed by atoms with Crippen LogP contribution in [0.4, 0.5) is 0 Å². The lowest BCUT2D eigenvalue weighted by Crippen LogP contribution is -2.54. The Hall–Kier alpha value is -0.650. The average molecular weight is 300 g/mol. The van der Waals surface area contributed by atoms with Crippen molar-refractivity contribution in [3.05, 3.63) is 0 Å². The summed E-state index contributed by atoms with van der Waals surface area (Å²) < 4.78 is 0. The molecule has 1 atom stereocenters. The van der Waals surface area contributed by atoms with Crippen molar-refractivity contribution in [3.63, 3.8) is 0 Å². The van der Waals surface area contributed by atoms with Crippen LogP contribution in [-0.2, 0) is 4.79 Å². The Morgan fingerprint density at radius 3 is 1.95 bits per heavy atom. The van der Waals surface area contributed by atoms with Gasteiger partial charge in [0.2, 0.25) is 5.91 Å². The van der Waals surface area contributed by atoms with E-state index in [1.165, 1.54) is 6.42 Å². The van der Waals surface area contributed by atoms with Crippen LogP contribution < -0.4 is 11.1 Å². The third kappa shape index (κ3) is 7.79. The first-order valence-electron chi connectivity index (χ1n) is 8.43. The fraction of sp³-hybridized carbons (Fsp3) is 0.938. The summed E-state index contributed by atoms with van der Waals surface area (Å²) in [5.74, 6) is -0.261. The third-order valence-electron chi connectivity index (χ3n) is 4.33. The van der Waals surface area contributed by atoms with E-state index in [0.717, 1.165) is 52.2 Å². The maximum absolute atomic E-state index is 11.6. The van der Waals surface area contributed by atoms with Gasteiger partial charge < -0.3 is 20.9 Å². The second-order valence-electron chi connectivity index (χ2n) is 5.79. The number of nitrogens with one attached hydrogen (secondary N) is 1. The van der Waals surface area contributed by atoms with Gasteiger partial charge in [-0.25, -0.2) is 0 Å². The summed E-state index contributed by atoms with van der Waals surface area (Å²) in [5, 5.41) is 3.22. The van der Waals surface area contributed by atoms with Crippen molar-refractivity contribution < 1.29 is 4.79 Å². The largest absolute Gasteiger partial charge is 0.368 e. The summed E-state index contributed by atoms with van der Waals surface area (Å²) in [5.41, 5.74) is 4.94. The molecule has 0 aromatic rings. The fourth-order valence-electron chi connectivity index (χ4n) is 2.56. The summed E-state index contributed by atoms with van der Waals surface area (Å²) in [4.78, 5) is 16.5. The van der Waals surface area contributed by atoms with E-state index in [-0.39, 0.29) is 5.91 Å². The summed E-state index contributed by atoms with van der Waals surface area (Å²) in [6, 6.07) is 0. The topological polar surface area (TPSA) is 61.6 Å². The van der Waals surface area contributed by atoms with E-state index in [1.807, 2.05) is 13.8 Å². The highest BCUT2D eigenvalue weighted by Crippen LogP contribution is 2.10. The Labute approximate surface area is 131 Å². The second-order valence-corrected chi connectivity index (χ2v) is 5.79. The van der Waals surface area contributed by atoms with Crippen LogP contribution in [0.1, 0.15) is 47.5 Å². The van der Waals surface area contributed by atoms with Crippen molar-refractivity contribution in [3.8, 4) is 0 Å². The molecule has 1 unspecified atom stereocenters. The van der Waals surface area contributed by atoms with Gasteiger partial charge in [0.1, 0.15) is 0 Å². The molecule has 0 fully saturated rings. The van der Waals surface area contributed by atoms with Crippen molar-refractivity contribution >= 4 is 5.91 Å². The predicted octanol–water partition coefficient (Wildman–Crippen LogP) is 1.28. The molecule has 5 heteroatoms. The van der Waals surface area contributed by atoms with Crippen molar-refractivity contribution in [2.24, 2.45) is 5.73 Å². The zero-order valence-electron chi connectivity index (χ0n) is 14.7. The van der Waals surface area contributed by atoms with E-state index in [9.17, 15) is 4.79 Å². The van der Waals surface area contributed by atoms with Crippen LogP contribution in [0.2, 0.25) is 0 Å². The number of rotatable bonds is 13. The Morgan fingerprint density at radius 2 is 1.52 bits per heavy atom. The quantitative estimate of drug-likeness (QED) is 0.538. The smallest absolute Gasteiger partial charge is 0.237 e. The zero-order valence-corrected chi connectivity index (χ0v) is 14.7. The number of carbonyl (C=O) groups excluding carboxylic acids is 1. The van der Waals surface area contributed by atoms with Crippen LogP contribution in [0.25, 0.3) is 0 Å². The Kier molecular flexibility index (Phi) is 10.6. The number of hydrogen-bond donors (Lipinski definition) is 2. The van der Waals surface area contributed by atoms with Gasteiger partial charge in [-0.2, -0.15) is 0 Å². The zero-order chi connectivity index (χ0) is 16.3. The first-order chi connectivity index (χ1) is 9.93. The highest BCUT2D eigenvalue weighted by atomic mass is 16.1. The summed E-state index contributed by atoms with van der Waals surface area (Å²) in [7, 11) is 0. The molecule has 0 aliphatic rings. The third-order valence-corrected chi connectivity index (χ3v) is 4.33. The monoisotopic (exact) mass is 300 g/mol. The lowest BCUT2D eigenvalue weighted by molar-refractivity contribution is -0.124. The van der Waals surface area contributed by atoms with Crippen LogP contribution in [0.5, 0.6) is 0 Å². The molecule has 0 aromatic heterocycles. The molecular weight excluding hydrogens is 264 g/mol. The molecular formula is C16H36N4O. The van der Waals surface area contributed by atoms with Gasteiger partial charge in [-0.05, 0) is 59.0 Å². The number of primary amides is 1. The number of likely N-dealkylation sites (N-methyl/N-ethyl adjacent to an activating group) is 1. The minimum atomic E-state index is -0.596. The van der Waals surface area contributed by atoms with Crippen molar-refractivity contribution in [1.82, 2.24) is 15.1 Å². The van der Waals surface area contributed by atoms with Crippen LogP contribution >= 0.6 is 0 Å². The van der Waals surface area contributed by atoms with Gasteiger partial charge in [-0.3, -0.25) is 4.79 Å². The Morgan fingerprint density at radius 1 is 1.00 bits per heavy atom. The molecule has 0 aliphatic heterocycles. The number of hydrogen-bond acceptors (Lipinski definition) is 4. The van der Waals surface area contributed by atoms with Crippen LogP contribution in [0.15, 0.2) is 0 Å². The number of nitrogens with two attached hydrogens (primary N) is 1. The standard InChI is InChI=1S/C16H36N4O/c1-6-18-16(5,15(17)21)11-14-20(9-4)13-10-12-19(7-2)8-3/h18H,6-14H2,1-5H3,(H2,17,21). The molecule has 1 amide bonds. The van der Waals surface area contributed by atoms with Gasteiger partial charge in [-0.1, -0.05) is 27.7 Å². The fourth-order valence-corrected chi connectivity index (χ4v) is 2.56. The summed E-state index contributed by atoms with van der Waals surface area (Å²) in [6.07, 6.45) is 1.93. The minimum Gasteiger partial charge on any atom is -0.368 e. The van der Waals surface area contributed by atoms with Crippen LogP contribution in [0, 0.1) is 0 Å². The highest BCUT2D eigenvalue weighted by molar-refractivity contribution is 5.84. The summed E-state index contributed by atoms with van der Waals surface area (Å²) in [6.45, 7) is 17.6. The first-order valence-corrected chi connectivity index (χ1v) is 8.43. The molecule has 0 bridgehead atoms. The SMILES string of the molecule is CCNC(C)(CCN(CC)CCCN(CC)CC)C(N)=O. The molecule has 0 aromatic carbocycles. The molecule has 0 saturated heterocycles. The lowest BCUT2D eigenvalue weighted by atomic mass is 9.96. The summed E-state index contributed by atoms with van der Waals surface area (Å²) >= 11 is 0. The molecule has 5 nitrogen and oxygen atoms in total. The van der Waals surface area contributed by atoms with Crippen LogP contribution in [0.3, 0.4) is 0 Å². The number of amides is 1. The molecule has 0 heterocycles. The number of carbonyl (C=O) groups is 1. The van der Waals surface area contributed by atoms with Gasteiger partial charge >= 0.3 is 0 Å². The molecule has 3 N–H and O–H groups in total. The maximum Gasteiger partial charge on any atom is 0.237 e. The molecule has 126 valence electrons. The van der Waals surface area contributed by atoms with E-state index in [0.29, 0.717) is 0 Å². The van der Waals surface area contributed by atoms with Crippen molar-refractivity contribution in [2.45, 2.75) is 53.0 Å². The van der Waals surface area contributed by atoms with E-state index in [1.54, 1.807) is 0 Å². The molecule has 0 spiro atoms. The minimum absolute atomic E-state index is 0.261. The van der Waals surface area contributed by atoms with Gasteiger partial charge in [0.25, 0.3) is 0 Å². The van der Waals surface area contributed by atoms with Crippen LogP contribution in [-0.4, -0.2) is 67.1 Å². The second kappa shape index (κ2) is 11.0. The molecule has 0 saturated carbocycles. The normalized spacial score (nSPS) is 14.6. The van der Waals surface area contributed by atoms with E-state index >= 15 is 0 Å². The van der Waals surface area contributed by atoms with E-state index < -0.39 is 5.54 Å². The van der Waals surface area contributed by atoms with Gasteiger partial charge in [0, 0.05) is 6.54 Å².